The van der Waals surface area contributed by atoms with Crippen molar-refractivity contribution in [1.82, 2.24) is 4.57 Å². The fraction of sp³-hybridized carbons (Fsp3) is 0. The summed E-state index contributed by atoms with van der Waals surface area (Å²) in [5.41, 5.74) is 10.1. The Kier molecular flexibility index (Phi) is 5.53. The summed E-state index contributed by atoms with van der Waals surface area (Å²) in [6, 6.07) is 64.2. The zero-order chi connectivity index (χ0) is 33.9. The molecule has 0 atom stereocenters. The van der Waals surface area contributed by atoms with Crippen LogP contribution in [0.15, 0.2) is 180 Å². The predicted molar refractivity (Wildman–Crippen MR) is 220 cm³/mol. The summed E-state index contributed by atoms with van der Waals surface area (Å²) < 4.78 is 9.32. The highest BCUT2D eigenvalue weighted by atomic mass is 16.3. The Labute approximate surface area is 298 Å². The van der Waals surface area contributed by atoms with Crippen LogP contribution in [0.25, 0.3) is 115 Å². The quantitative estimate of drug-likeness (QED) is 0.173. The second kappa shape index (κ2) is 10.3. The number of para-hydroxylation sites is 3. The van der Waals surface area contributed by atoms with Gasteiger partial charge in [0.05, 0.1) is 11.0 Å². The number of aromatic nitrogens is 1. The molecular weight excluding hydrogens is 631 g/mol. The third-order valence-electron chi connectivity index (χ3n) is 11.3. The molecular formula is C50H29NO. The van der Waals surface area contributed by atoms with Gasteiger partial charge in [0.15, 0.2) is 0 Å². The van der Waals surface area contributed by atoms with Gasteiger partial charge in [-0.2, -0.15) is 0 Å². The van der Waals surface area contributed by atoms with E-state index in [0.29, 0.717) is 0 Å². The van der Waals surface area contributed by atoms with E-state index < -0.39 is 0 Å². The first kappa shape index (κ1) is 27.9. The highest BCUT2D eigenvalue weighted by Gasteiger charge is 2.24. The van der Waals surface area contributed by atoms with Gasteiger partial charge < -0.3 is 8.98 Å². The topological polar surface area (TPSA) is 18.1 Å². The second-order valence-corrected chi connectivity index (χ2v) is 14.0. The lowest BCUT2D eigenvalue weighted by atomic mass is 9.86. The molecule has 0 radical (unpaired) electrons. The van der Waals surface area contributed by atoms with Gasteiger partial charge in [0.2, 0.25) is 0 Å². The van der Waals surface area contributed by atoms with Crippen LogP contribution in [-0.4, -0.2) is 4.57 Å². The number of hydrogen-bond acceptors (Lipinski definition) is 1. The SMILES string of the molecule is c1ccc(-n2c3ccccc3c3c4c(oc5ccccc54)c(-c4ccc5ccc6c(-c7ccc8ccccc8c7)ccc7ccc4c5c76)cc32)cc1. The zero-order valence-electron chi connectivity index (χ0n) is 28.1. The molecule has 0 unspecified atom stereocenters. The maximum atomic E-state index is 6.90. The molecule has 2 heterocycles. The van der Waals surface area contributed by atoms with E-state index in [-0.39, 0.29) is 0 Å². The highest BCUT2D eigenvalue weighted by Crippen LogP contribution is 2.48. The largest absolute Gasteiger partial charge is 0.455 e. The second-order valence-electron chi connectivity index (χ2n) is 14.0. The summed E-state index contributed by atoms with van der Waals surface area (Å²) in [6.07, 6.45) is 0. The summed E-state index contributed by atoms with van der Waals surface area (Å²) >= 11 is 0. The molecule has 0 fully saturated rings. The van der Waals surface area contributed by atoms with Crippen LogP contribution in [-0.2, 0) is 0 Å². The van der Waals surface area contributed by atoms with E-state index in [1.54, 1.807) is 0 Å². The van der Waals surface area contributed by atoms with Gasteiger partial charge >= 0.3 is 0 Å². The Morgan fingerprint density at radius 1 is 0.346 bits per heavy atom. The van der Waals surface area contributed by atoms with Gasteiger partial charge in [-0.1, -0.05) is 140 Å². The Morgan fingerprint density at radius 2 is 0.981 bits per heavy atom. The van der Waals surface area contributed by atoms with E-state index in [0.717, 1.165) is 27.8 Å². The van der Waals surface area contributed by atoms with E-state index in [2.05, 4.69) is 180 Å². The summed E-state index contributed by atoms with van der Waals surface area (Å²) in [5.74, 6) is 0. The maximum absolute atomic E-state index is 6.90. The molecule has 52 heavy (non-hydrogen) atoms. The van der Waals surface area contributed by atoms with E-state index >= 15 is 0 Å². The average Bonchev–Trinajstić information content (AvgIpc) is 3.75. The van der Waals surface area contributed by atoms with Crippen LogP contribution in [0.1, 0.15) is 0 Å². The van der Waals surface area contributed by atoms with Crippen molar-refractivity contribution in [3.63, 3.8) is 0 Å². The molecule has 10 aromatic carbocycles. The average molecular weight is 660 g/mol. The fourth-order valence-corrected chi connectivity index (χ4v) is 9.04. The Bertz CT molecular complexity index is 3400. The molecule has 2 heteroatoms. The zero-order valence-corrected chi connectivity index (χ0v) is 28.1. The minimum Gasteiger partial charge on any atom is -0.455 e. The molecule has 0 N–H and O–H groups in total. The summed E-state index contributed by atoms with van der Waals surface area (Å²) in [6.45, 7) is 0. The lowest BCUT2D eigenvalue weighted by Crippen LogP contribution is -1.94. The van der Waals surface area contributed by atoms with Crippen molar-refractivity contribution in [1.29, 1.82) is 0 Å². The van der Waals surface area contributed by atoms with Crippen LogP contribution in [0.4, 0.5) is 0 Å². The minimum absolute atomic E-state index is 0.903. The Balaban J connectivity index is 1.21. The van der Waals surface area contributed by atoms with Gasteiger partial charge in [0.25, 0.3) is 0 Å². The number of nitrogens with zero attached hydrogens (tertiary/aromatic N) is 1. The van der Waals surface area contributed by atoms with E-state index in [1.807, 2.05) is 0 Å². The molecule has 12 aromatic rings. The monoisotopic (exact) mass is 659 g/mol. The minimum atomic E-state index is 0.903. The van der Waals surface area contributed by atoms with Crippen molar-refractivity contribution >= 4 is 86.8 Å². The maximum Gasteiger partial charge on any atom is 0.144 e. The molecule has 0 amide bonds. The van der Waals surface area contributed by atoms with Gasteiger partial charge in [0, 0.05) is 32.8 Å². The van der Waals surface area contributed by atoms with Crippen molar-refractivity contribution in [3.05, 3.63) is 176 Å². The number of furan rings is 1. The number of fused-ring (bicyclic) bond motifs is 8. The van der Waals surface area contributed by atoms with Crippen molar-refractivity contribution in [2.75, 3.05) is 0 Å². The molecule has 0 aliphatic carbocycles. The van der Waals surface area contributed by atoms with Gasteiger partial charge in [-0.3, -0.25) is 0 Å². The first-order valence-electron chi connectivity index (χ1n) is 17.9. The lowest BCUT2D eigenvalue weighted by Gasteiger charge is -2.17. The fourth-order valence-electron chi connectivity index (χ4n) is 9.04. The lowest BCUT2D eigenvalue weighted by molar-refractivity contribution is 0.670. The van der Waals surface area contributed by atoms with Gasteiger partial charge in [-0.05, 0) is 96.2 Å². The Hall–Kier alpha value is -6.90. The first-order chi connectivity index (χ1) is 25.8. The third-order valence-corrected chi connectivity index (χ3v) is 11.3. The molecule has 0 saturated heterocycles. The van der Waals surface area contributed by atoms with Crippen molar-refractivity contribution < 1.29 is 4.42 Å². The van der Waals surface area contributed by atoms with Crippen molar-refractivity contribution in [3.8, 4) is 27.9 Å². The van der Waals surface area contributed by atoms with Crippen LogP contribution >= 0.6 is 0 Å². The van der Waals surface area contributed by atoms with E-state index in [1.165, 1.54) is 87.0 Å². The molecule has 12 rings (SSSR count). The van der Waals surface area contributed by atoms with Crippen LogP contribution in [0, 0.1) is 0 Å². The molecule has 240 valence electrons. The van der Waals surface area contributed by atoms with Gasteiger partial charge in [-0.15, -0.1) is 0 Å². The molecule has 0 aliphatic heterocycles. The van der Waals surface area contributed by atoms with Gasteiger partial charge in [0.1, 0.15) is 11.2 Å². The normalized spacial score (nSPS) is 12.2. The molecule has 2 aromatic heterocycles. The van der Waals surface area contributed by atoms with E-state index in [9.17, 15) is 0 Å². The Morgan fingerprint density at radius 3 is 1.81 bits per heavy atom. The van der Waals surface area contributed by atoms with Crippen molar-refractivity contribution in [2.45, 2.75) is 0 Å². The number of rotatable bonds is 3. The third kappa shape index (κ3) is 3.73. The van der Waals surface area contributed by atoms with E-state index in [4.69, 9.17) is 4.42 Å². The number of benzene rings is 10. The summed E-state index contributed by atoms with van der Waals surface area (Å²) in [5, 5.41) is 14.9. The molecule has 0 spiro atoms. The van der Waals surface area contributed by atoms with Gasteiger partial charge in [-0.25, -0.2) is 0 Å². The molecule has 0 aliphatic rings. The highest BCUT2D eigenvalue weighted by molar-refractivity contribution is 6.32. The molecule has 2 nitrogen and oxygen atoms in total. The van der Waals surface area contributed by atoms with Crippen LogP contribution in [0.3, 0.4) is 0 Å². The smallest absolute Gasteiger partial charge is 0.144 e. The standard InChI is InChI=1S/C50H29NO/c1-2-12-35(13-3-1)51-43-16-8-6-14-40(43)48-44(51)29-42(50-49(48)41-15-7-9-17-45(41)52-50)37-25-21-32-22-26-38-36(24-20-31-23-27-39(37)47(32)46(31)38)34-19-18-30-10-4-5-11-33(30)28-34/h1-29H. The molecule has 0 bridgehead atoms. The van der Waals surface area contributed by atoms with Crippen molar-refractivity contribution in [2.24, 2.45) is 0 Å². The van der Waals surface area contributed by atoms with Crippen LogP contribution in [0.2, 0.25) is 0 Å². The van der Waals surface area contributed by atoms with Crippen LogP contribution in [0.5, 0.6) is 0 Å². The predicted octanol–water partition coefficient (Wildman–Crippen LogP) is 14.1. The summed E-state index contributed by atoms with van der Waals surface area (Å²) in [4.78, 5) is 0. The molecule has 0 saturated carbocycles. The van der Waals surface area contributed by atoms with Crippen LogP contribution < -0.4 is 0 Å². The number of hydrogen-bond donors (Lipinski definition) is 0. The summed E-state index contributed by atoms with van der Waals surface area (Å²) in [7, 11) is 0. The first-order valence-corrected chi connectivity index (χ1v) is 17.9.